The largest absolute Gasteiger partial charge is 0.327 e. The van der Waals surface area contributed by atoms with Gasteiger partial charge in [-0.1, -0.05) is 30.3 Å². The van der Waals surface area contributed by atoms with Gasteiger partial charge in [0.2, 0.25) is 10.0 Å². The van der Waals surface area contributed by atoms with Crippen LogP contribution in [0.15, 0.2) is 59.8 Å². The van der Waals surface area contributed by atoms with Crippen LogP contribution in [0.3, 0.4) is 0 Å². The minimum Gasteiger partial charge on any atom is -0.327 e. The van der Waals surface area contributed by atoms with Crippen LogP contribution in [0, 0.1) is 5.92 Å². The summed E-state index contributed by atoms with van der Waals surface area (Å²) in [5, 5.41) is 0. The van der Waals surface area contributed by atoms with Crippen molar-refractivity contribution in [3.05, 3.63) is 60.4 Å². The van der Waals surface area contributed by atoms with E-state index in [2.05, 4.69) is 44.8 Å². The minimum atomic E-state index is -3.25. The number of sulfone groups is 1. The zero-order chi connectivity index (χ0) is 26.9. The van der Waals surface area contributed by atoms with Gasteiger partial charge in [0.15, 0.2) is 9.84 Å². The van der Waals surface area contributed by atoms with Crippen molar-refractivity contribution < 1.29 is 16.8 Å². The van der Waals surface area contributed by atoms with Gasteiger partial charge in [-0.05, 0) is 74.2 Å². The first-order valence-corrected chi connectivity index (χ1v) is 17.2. The van der Waals surface area contributed by atoms with E-state index in [0.29, 0.717) is 35.9 Å². The van der Waals surface area contributed by atoms with Crippen LogP contribution in [-0.2, 0) is 19.9 Å². The lowest BCUT2D eigenvalue weighted by Gasteiger charge is -2.37. The molecule has 8 nitrogen and oxygen atoms in total. The van der Waals surface area contributed by atoms with E-state index in [9.17, 15) is 16.8 Å². The summed E-state index contributed by atoms with van der Waals surface area (Å²) in [6.45, 7) is 4.28. The fourth-order valence-corrected chi connectivity index (χ4v) is 7.78. The average Bonchev–Trinajstić information content (AvgIpc) is 3.33. The van der Waals surface area contributed by atoms with E-state index in [1.54, 1.807) is 16.4 Å². The second-order valence-electron chi connectivity index (χ2n) is 11.0. The number of sulfonamides is 1. The number of piperidine rings is 2. The smallest absolute Gasteiger partial charge is 0.211 e. The first-order valence-electron chi connectivity index (χ1n) is 13.5. The van der Waals surface area contributed by atoms with Gasteiger partial charge in [0.1, 0.15) is 0 Å². The van der Waals surface area contributed by atoms with Crippen LogP contribution in [0.1, 0.15) is 49.6 Å². The Balaban J connectivity index is 1.20. The Bertz CT molecular complexity index is 1460. The van der Waals surface area contributed by atoms with Crippen LogP contribution in [0.4, 0.5) is 0 Å². The van der Waals surface area contributed by atoms with E-state index in [1.165, 1.54) is 18.1 Å². The summed E-state index contributed by atoms with van der Waals surface area (Å²) in [5.41, 5.74) is 3.07. The van der Waals surface area contributed by atoms with Crippen molar-refractivity contribution >= 4 is 30.9 Å². The Morgan fingerprint density at radius 3 is 2.21 bits per heavy atom. The standard InChI is InChI=1S/C28H38N4O4S2/c1-37(33,34)25-8-9-28-27(20-25)29-21-32(28)24-12-15-30(16-13-24)17-14-26(22-6-4-3-5-7-22)23-10-18-31(19-11-23)38(2,35)36/h3-9,20-21,23-24,26H,10-19H2,1-2H3/t26-/m0/s1. The van der Waals surface area contributed by atoms with Crippen LogP contribution in [0.25, 0.3) is 11.0 Å². The summed E-state index contributed by atoms with van der Waals surface area (Å²) in [5.74, 6) is 0.916. The molecule has 1 atom stereocenters. The molecule has 2 saturated heterocycles. The van der Waals surface area contributed by atoms with Gasteiger partial charge in [0, 0.05) is 38.5 Å². The maximum atomic E-state index is 12.0. The fourth-order valence-electron chi connectivity index (χ4n) is 6.26. The summed E-state index contributed by atoms with van der Waals surface area (Å²) in [4.78, 5) is 7.36. The summed E-state index contributed by atoms with van der Waals surface area (Å²) >= 11 is 0. The average molecular weight is 559 g/mol. The Hall–Kier alpha value is -2.27. The van der Waals surface area contributed by atoms with Gasteiger partial charge in [-0.25, -0.2) is 26.1 Å². The molecule has 0 radical (unpaired) electrons. The monoisotopic (exact) mass is 558 g/mol. The third-order valence-electron chi connectivity index (χ3n) is 8.45. The highest BCUT2D eigenvalue weighted by Crippen LogP contribution is 2.36. The molecule has 10 heteroatoms. The van der Waals surface area contributed by atoms with E-state index in [4.69, 9.17) is 0 Å². The minimum absolute atomic E-state index is 0.306. The van der Waals surface area contributed by atoms with Crippen LogP contribution in [0.2, 0.25) is 0 Å². The second-order valence-corrected chi connectivity index (χ2v) is 15.0. The molecule has 2 aliphatic heterocycles. The SMILES string of the molecule is CS(=O)(=O)c1ccc2c(c1)ncn2C1CCN(CC[C@@H](c2ccccc2)C2CCN(S(C)(=O)=O)CC2)CC1. The molecule has 3 aromatic rings. The van der Waals surface area contributed by atoms with E-state index >= 15 is 0 Å². The molecule has 0 unspecified atom stereocenters. The number of hydrogen-bond donors (Lipinski definition) is 0. The zero-order valence-corrected chi connectivity index (χ0v) is 23.9. The maximum Gasteiger partial charge on any atom is 0.211 e. The molecule has 1 aromatic heterocycles. The maximum absolute atomic E-state index is 12.0. The summed E-state index contributed by atoms with van der Waals surface area (Å²) < 4.78 is 51.6. The first-order chi connectivity index (χ1) is 18.1. The second kappa shape index (κ2) is 11.1. The van der Waals surface area contributed by atoms with Crippen molar-refractivity contribution in [2.75, 3.05) is 45.2 Å². The lowest BCUT2D eigenvalue weighted by atomic mass is 9.78. The van der Waals surface area contributed by atoms with Crippen LogP contribution in [-0.4, -0.2) is 80.8 Å². The van der Waals surface area contributed by atoms with Gasteiger partial charge in [-0.2, -0.15) is 0 Å². The Labute approximate surface area is 226 Å². The number of imidazole rings is 1. The Kier molecular flexibility index (Phi) is 7.96. The summed E-state index contributed by atoms with van der Waals surface area (Å²) in [7, 11) is -6.38. The molecule has 0 aliphatic carbocycles. The van der Waals surface area contributed by atoms with Gasteiger partial charge >= 0.3 is 0 Å². The molecule has 0 spiro atoms. The fraction of sp³-hybridized carbons (Fsp3) is 0.536. The number of nitrogens with zero attached hydrogens (tertiary/aromatic N) is 4. The molecule has 38 heavy (non-hydrogen) atoms. The number of aromatic nitrogens is 2. The molecule has 0 saturated carbocycles. The third-order valence-corrected chi connectivity index (χ3v) is 10.9. The van der Waals surface area contributed by atoms with Crippen molar-refractivity contribution in [2.45, 2.75) is 49.0 Å². The highest BCUT2D eigenvalue weighted by atomic mass is 32.2. The highest BCUT2D eigenvalue weighted by molar-refractivity contribution is 7.90. The van der Waals surface area contributed by atoms with E-state index in [-0.39, 0.29) is 0 Å². The predicted molar refractivity (Wildman–Crippen MR) is 150 cm³/mol. The number of likely N-dealkylation sites (tertiary alicyclic amines) is 1. The first kappa shape index (κ1) is 27.3. The lowest BCUT2D eigenvalue weighted by molar-refractivity contribution is 0.169. The molecule has 0 bridgehead atoms. The molecular weight excluding hydrogens is 520 g/mol. The van der Waals surface area contributed by atoms with Crippen molar-refractivity contribution in [3.8, 4) is 0 Å². The highest BCUT2D eigenvalue weighted by Gasteiger charge is 2.31. The Morgan fingerprint density at radius 2 is 1.58 bits per heavy atom. The molecule has 2 aromatic carbocycles. The van der Waals surface area contributed by atoms with E-state index < -0.39 is 19.9 Å². The number of benzene rings is 2. The molecule has 0 amide bonds. The molecule has 0 N–H and O–H groups in total. The Morgan fingerprint density at radius 1 is 0.895 bits per heavy atom. The molecule has 5 rings (SSSR count). The normalized spacial score (nSPS) is 20.2. The van der Waals surface area contributed by atoms with E-state index in [1.807, 2.05) is 12.4 Å². The van der Waals surface area contributed by atoms with Gasteiger partial charge in [-0.3, -0.25) is 0 Å². The third kappa shape index (κ3) is 6.14. The molecular formula is C28H38N4O4S2. The van der Waals surface area contributed by atoms with Crippen LogP contribution < -0.4 is 0 Å². The molecule has 2 fully saturated rings. The number of rotatable bonds is 8. The van der Waals surface area contributed by atoms with Crippen molar-refractivity contribution in [2.24, 2.45) is 5.92 Å². The van der Waals surface area contributed by atoms with Crippen LogP contribution in [0.5, 0.6) is 0 Å². The zero-order valence-electron chi connectivity index (χ0n) is 22.2. The van der Waals surface area contributed by atoms with Gasteiger partial charge in [-0.15, -0.1) is 0 Å². The van der Waals surface area contributed by atoms with Gasteiger partial charge in [0.05, 0.1) is 28.5 Å². The van der Waals surface area contributed by atoms with Gasteiger partial charge in [0.25, 0.3) is 0 Å². The predicted octanol–water partition coefficient (Wildman–Crippen LogP) is 3.92. The van der Waals surface area contributed by atoms with Crippen molar-refractivity contribution in [1.29, 1.82) is 0 Å². The molecule has 206 valence electrons. The summed E-state index contributed by atoms with van der Waals surface area (Å²) in [6.07, 6.45) is 9.33. The van der Waals surface area contributed by atoms with Crippen molar-refractivity contribution in [3.63, 3.8) is 0 Å². The molecule has 2 aliphatic rings. The lowest BCUT2D eigenvalue weighted by Crippen LogP contribution is -2.40. The van der Waals surface area contributed by atoms with Crippen molar-refractivity contribution in [1.82, 2.24) is 18.8 Å². The van der Waals surface area contributed by atoms with Crippen LogP contribution >= 0.6 is 0 Å². The van der Waals surface area contributed by atoms with Gasteiger partial charge < -0.3 is 9.47 Å². The molecule has 3 heterocycles. The number of hydrogen-bond acceptors (Lipinski definition) is 6. The summed E-state index contributed by atoms with van der Waals surface area (Å²) in [6, 6.07) is 16.3. The quantitative estimate of drug-likeness (QED) is 0.416. The van der Waals surface area contributed by atoms with E-state index in [0.717, 1.165) is 62.8 Å². The topological polar surface area (TPSA) is 92.6 Å². The number of fused-ring (bicyclic) bond motifs is 1.